The second-order valence-corrected chi connectivity index (χ2v) is 5.72. The number of aromatic nitrogens is 2. The number of amides is 1. The molecule has 0 fully saturated rings. The van der Waals surface area contributed by atoms with Crippen molar-refractivity contribution in [3.8, 4) is 11.6 Å². The molecule has 0 bridgehead atoms. The molecule has 2 aromatic heterocycles. The van der Waals surface area contributed by atoms with E-state index in [1.807, 2.05) is 0 Å². The lowest BCUT2D eigenvalue weighted by Crippen LogP contribution is -2.27. The summed E-state index contributed by atoms with van der Waals surface area (Å²) in [5.74, 6) is 0.848. The summed E-state index contributed by atoms with van der Waals surface area (Å²) in [5, 5.41) is 2.58. The molecule has 0 aliphatic carbocycles. The number of hydrogen-bond acceptors (Lipinski definition) is 7. The van der Waals surface area contributed by atoms with E-state index in [0.717, 1.165) is 0 Å². The maximum atomic E-state index is 11.7. The van der Waals surface area contributed by atoms with Crippen molar-refractivity contribution in [1.29, 1.82) is 0 Å². The van der Waals surface area contributed by atoms with Gasteiger partial charge in [0.2, 0.25) is 5.88 Å². The summed E-state index contributed by atoms with van der Waals surface area (Å²) < 4.78 is 10.7. The van der Waals surface area contributed by atoms with Gasteiger partial charge in [-0.3, -0.25) is 5.32 Å². The Labute approximate surface area is 133 Å². The first-order valence-electron chi connectivity index (χ1n) is 6.88. The number of carbonyl (C=O) groups excluding carboxylic acids is 1. The molecule has 0 aromatic carbocycles. The number of nitrogens with two attached hydrogens (primary N) is 2. The number of nitrogens with zero attached hydrogens (tertiary/aromatic N) is 2. The van der Waals surface area contributed by atoms with Crippen molar-refractivity contribution in [2.45, 2.75) is 26.4 Å². The van der Waals surface area contributed by atoms with E-state index in [9.17, 15) is 4.79 Å². The van der Waals surface area contributed by atoms with E-state index >= 15 is 0 Å². The van der Waals surface area contributed by atoms with E-state index in [-0.39, 0.29) is 11.5 Å². The molecule has 0 saturated carbocycles. The van der Waals surface area contributed by atoms with Crippen molar-refractivity contribution in [2.75, 3.05) is 16.8 Å². The van der Waals surface area contributed by atoms with Crippen LogP contribution in [0, 0.1) is 0 Å². The Bertz CT molecular complexity index is 695. The molecule has 122 valence electrons. The standard InChI is InChI=1S/C15H19N5O3/c1-15(2,3)23-14(21)20-9-4-5-11(19-8-9)22-10-6-7-18-13(17)12(10)16/h4-8H,16H2,1-3H3,(H2,17,18)(H,20,21). The molecule has 0 aliphatic rings. The van der Waals surface area contributed by atoms with Gasteiger partial charge in [0.05, 0.1) is 11.9 Å². The van der Waals surface area contributed by atoms with Gasteiger partial charge in [-0.15, -0.1) is 0 Å². The number of ether oxygens (including phenoxy) is 2. The molecule has 0 unspecified atom stereocenters. The molecule has 2 heterocycles. The molecular weight excluding hydrogens is 298 g/mol. The van der Waals surface area contributed by atoms with Crippen LogP contribution in [0.25, 0.3) is 0 Å². The second kappa shape index (κ2) is 6.39. The van der Waals surface area contributed by atoms with Crippen molar-refractivity contribution in [3.63, 3.8) is 0 Å². The highest BCUT2D eigenvalue weighted by Crippen LogP contribution is 2.29. The fourth-order valence-corrected chi connectivity index (χ4v) is 1.61. The minimum absolute atomic E-state index is 0.186. The van der Waals surface area contributed by atoms with Crippen LogP contribution in [0.3, 0.4) is 0 Å². The second-order valence-electron chi connectivity index (χ2n) is 5.72. The summed E-state index contributed by atoms with van der Waals surface area (Å²) in [6.45, 7) is 5.35. The lowest BCUT2D eigenvalue weighted by Gasteiger charge is -2.19. The maximum Gasteiger partial charge on any atom is 0.412 e. The fourth-order valence-electron chi connectivity index (χ4n) is 1.61. The van der Waals surface area contributed by atoms with Crippen LogP contribution >= 0.6 is 0 Å². The number of rotatable bonds is 3. The van der Waals surface area contributed by atoms with Crippen molar-refractivity contribution in [1.82, 2.24) is 9.97 Å². The predicted molar refractivity (Wildman–Crippen MR) is 87.2 cm³/mol. The number of nitrogen functional groups attached to an aromatic ring is 2. The summed E-state index contributed by atoms with van der Waals surface area (Å²) in [4.78, 5) is 19.6. The van der Waals surface area contributed by atoms with Crippen LogP contribution in [-0.2, 0) is 4.74 Å². The first kappa shape index (κ1) is 16.3. The monoisotopic (exact) mass is 317 g/mol. The number of nitrogens with one attached hydrogen (secondary N) is 1. The number of anilines is 3. The summed E-state index contributed by atoms with van der Waals surface area (Å²) >= 11 is 0. The molecule has 23 heavy (non-hydrogen) atoms. The maximum absolute atomic E-state index is 11.7. The van der Waals surface area contributed by atoms with E-state index in [4.69, 9.17) is 20.9 Å². The average molecular weight is 317 g/mol. The molecule has 2 rings (SSSR count). The molecule has 8 nitrogen and oxygen atoms in total. The molecule has 8 heteroatoms. The van der Waals surface area contributed by atoms with Crippen LogP contribution in [-0.4, -0.2) is 21.7 Å². The Hall–Kier alpha value is -3.03. The molecule has 0 atom stereocenters. The quantitative estimate of drug-likeness (QED) is 0.794. The van der Waals surface area contributed by atoms with Crippen molar-refractivity contribution >= 4 is 23.3 Å². The Morgan fingerprint density at radius 1 is 1.17 bits per heavy atom. The summed E-state index contributed by atoms with van der Waals surface area (Å²) in [7, 11) is 0. The van der Waals surface area contributed by atoms with Crippen molar-refractivity contribution in [2.24, 2.45) is 0 Å². The Kier molecular flexibility index (Phi) is 4.54. The highest BCUT2D eigenvalue weighted by Gasteiger charge is 2.16. The van der Waals surface area contributed by atoms with Gasteiger partial charge in [-0.05, 0) is 26.8 Å². The van der Waals surface area contributed by atoms with E-state index in [1.165, 1.54) is 12.4 Å². The zero-order valence-electron chi connectivity index (χ0n) is 13.2. The van der Waals surface area contributed by atoms with Crippen molar-refractivity contribution in [3.05, 3.63) is 30.6 Å². The molecule has 2 aromatic rings. The van der Waals surface area contributed by atoms with Crippen LogP contribution in [0.1, 0.15) is 20.8 Å². The van der Waals surface area contributed by atoms with E-state index in [2.05, 4.69) is 15.3 Å². The number of hydrogen-bond donors (Lipinski definition) is 3. The van der Waals surface area contributed by atoms with Gasteiger partial charge in [0, 0.05) is 18.3 Å². The lowest BCUT2D eigenvalue weighted by molar-refractivity contribution is 0.0636. The first-order valence-corrected chi connectivity index (χ1v) is 6.88. The number of carbonyl (C=O) groups is 1. The van der Waals surface area contributed by atoms with Gasteiger partial charge in [-0.1, -0.05) is 0 Å². The van der Waals surface area contributed by atoms with Gasteiger partial charge >= 0.3 is 6.09 Å². The van der Waals surface area contributed by atoms with E-state index < -0.39 is 11.7 Å². The van der Waals surface area contributed by atoms with Gasteiger partial charge in [-0.2, -0.15) is 0 Å². The Morgan fingerprint density at radius 3 is 2.52 bits per heavy atom. The topological polar surface area (TPSA) is 125 Å². The number of pyridine rings is 2. The predicted octanol–water partition coefficient (Wildman–Crippen LogP) is 2.78. The largest absolute Gasteiger partial charge is 0.444 e. The van der Waals surface area contributed by atoms with Gasteiger partial charge in [0.15, 0.2) is 5.75 Å². The molecule has 1 amide bonds. The third-order valence-corrected chi connectivity index (χ3v) is 2.58. The summed E-state index contributed by atoms with van der Waals surface area (Å²) in [6, 6.07) is 4.80. The van der Waals surface area contributed by atoms with E-state index in [0.29, 0.717) is 17.3 Å². The van der Waals surface area contributed by atoms with Gasteiger partial charge in [0.25, 0.3) is 0 Å². The normalized spacial score (nSPS) is 10.9. The SMILES string of the molecule is CC(C)(C)OC(=O)Nc1ccc(Oc2ccnc(N)c2N)nc1. The highest BCUT2D eigenvalue weighted by atomic mass is 16.6. The van der Waals surface area contributed by atoms with Crippen LogP contribution in [0.2, 0.25) is 0 Å². The summed E-state index contributed by atoms with van der Waals surface area (Å²) in [5.41, 5.74) is 11.5. The summed E-state index contributed by atoms with van der Waals surface area (Å²) in [6.07, 6.45) is 2.37. The van der Waals surface area contributed by atoms with Crippen LogP contribution < -0.4 is 21.5 Å². The average Bonchev–Trinajstić information content (AvgIpc) is 2.44. The van der Waals surface area contributed by atoms with Gasteiger partial charge in [0.1, 0.15) is 17.1 Å². The zero-order chi connectivity index (χ0) is 17.0. The third kappa shape index (κ3) is 4.73. The van der Waals surface area contributed by atoms with E-state index in [1.54, 1.807) is 39.0 Å². The third-order valence-electron chi connectivity index (χ3n) is 2.58. The van der Waals surface area contributed by atoms with Gasteiger partial charge in [-0.25, -0.2) is 14.8 Å². The zero-order valence-corrected chi connectivity index (χ0v) is 13.2. The Balaban J connectivity index is 2.02. The van der Waals surface area contributed by atoms with Crippen molar-refractivity contribution < 1.29 is 14.3 Å². The van der Waals surface area contributed by atoms with Crippen LogP contribution in [0.5, 0.6) is 11.6 Å². The minimum atomic E-state index is -0.570. The molecule has 0 radical (unpaired) electrons. The molecule has 0 saturated heterocycles. The minimum Gasteiger partial charge on any atom is -0.444 e. The smallest absolute Gasteiger partial charge is 0.412 e. The molecule has 0 aliphatic heterocycles. The van der Waals surface area contributed by atoms with Crippen LogP contribution in [0.4, 0.5) is 22.0 Å². The molecule has 5 N–H and O–H groups in total. The highest BCUT2D eigenvalue weighted by molar-refractivity contribution is 5.84. The Morgan fingerprint density at radius 2 is 1.91 bits per heavy atom. The first-order chi connectivity index (χ1) is 10.7. The van der Waals surface area contributed by atoms with Crippen LogP contribution in [0.15, 0.2) is 30.6 Å². The molecular formula is C15H19N5O3. The molecule has 0 spiro atoms. The van der Waals surface area contributed by atoms with Gasteiger partial charge < -0.3 is 20.9 Å². The fraction of sp³-hybridized carbons (Fsp3) is 0.267. The lowest BCUT2D eigenvalue weighted by atomic mass is 10.2.